The molecular weight excluding hydrogens is 419 g/mol. The number of guanidine groups is 1. The minimum Gasteiger partial charge on any atom is -0.492 e. The Balaban J connectivity index is 0.00000484. The number of aliphatic imine (C=N–C) groups is 1. The van der Waals surface area contributed by atoms with Gasteiger partial charge in [-0.05, 0) is 25.5 Å². The maximum absolute atomic E-state index is 13.0. The van der Waals surface area contributed by atoms with E-state index in [-0.39, 0.29) is 24.0 Å². The molecule has 0 amide bonds. The van der Waals surface area contributed by atoms with Crippen molar-refractivity contribution < 1.29 is 18.3 Å². The zero-order chi connectivity index (χ0) is 16.2. The molecule has 0 aliphatic rings. The van der Waals surface area contributed by atoms with Crippen LogP contribution in [0.25, 0.3) is 0 Å². The molecule has 0 atom stereocenters. The molecule has 23 heavy (non-hydrogen) atoms. The lowest BCUT2D eigenvalue weighted by Crippen LogP contribution is -2.39. The van der Waals surface area contributed by atoms with Crippen LogP contribution >= 0.6 is 24.0 Å². The topological polar surface area (TPSA) is 54.9 Å². The van der Waals surface area contributed by atoms with Crippen molar-refractivity contribution in [2.24, 2.45) is 4.99 Å². The van der Waals surface area contributed by atoms with Crippen molar-refractivity contribution in [2.45, 2.75) is 13.3 Å². The zero-order valence-corrected chi connectivity index (χ0v) is 15.7. The van der Waals surface area contributed by atoms with Gasteiger partial charge in [0.15, 0.2) is 17.6 Å². The molecule has 0 saturated carbocycles. The molecule has 5 nitrogen and oxygen atoms in total. The van der Waals surface area contributed by atoms with Crippen LogP contribution in [0.5, 0.6) is 5.75 Å². The van der Waals surface area contributed by atoms with Gasteiger partial charge < -0.3 is 20.1 Å². The van der Waals surface area contributed by atoms with Gasteiger partial charge in [-0.2, -0.15) is 0 Å². The molecule has 1 aromatic carbocycles. The molecular formula is C15H24F2IN3O2. The van der Waals surface area contributed by atoms with Crippen molar-refractivity contribution in [3.8, 4) is 5.75 Å². The first-order valence-electron chi connectivity index (χ1n) is 7.26. The number of halogens is 3. The van der Waals surface area contributed by atoms with Gasteiger partial charge in [-0.3, -0.25) is 4.99 Å². The van der Waals surface area contributed by atoms with Crippen molar-refractivity contribution in [3.05, 3.63) is 29.8 Å². The first-order chi connectivity index (χ1) is 10.7. The Kier molecular flexibility index (Phi) is 12.6. The number of hydrogen-bond donors (Lipinski definition) is 2. The standard InChI is InChI=1S/C15H23F2N3O2.HI/c1-3-18-15(19-7-4-9-21-2)20-8-10-22-12-5-6-13(16)14(17)11-12;/h5-6,11H,3-4,7-10H2,1-2H3,(H2,18,19,20);1H. The third-order valence-corrected chi connectivity index (χ3v) is 2.68. The number of benzene rings is 1. The fraction of sp³-hybridized carbons (Fsp3) is 0.533. The summed E-state index contributed by atoms with van der Waals surface area (Å²) in [6.07, 6.45) is 0.846. The normalized spacial score (nSPS) is 10.9. The molecule has 0 unspecified atom stereocenters. The highest BCUT2D eigenvalue weighted by molar-refractivity contribution is 14.0. The Hall–Kier alpha value is -1.16. The van der Waals surface area contributed by atoms with Crippen LogP contribution in [0.15, 0.2) is 23.2 Å². The van der Waals surface area contributed by atoms with Gasteiger partial charge in [-0.25, -0.2) is 8.78 Å². The number of hydrogen-bond acceptors (Lipinski definition) is 3. The van der Waals surface area contributed by atoms with E-state index in [0.717, 1.165) is 25.1 Å². The summed E-state index contributed by atoms with van der Waals surface area (Å²) in [5.74, 6) is -0.822. The number of methoxy groups -OCH3 is 1. The van der Waals surface area contributed by atoms with Gasteiger partial charge in [0.25, 0.3) is 0 Å². The fourth-order valence-corrected chi connectivity index (χ4v) is 1.65. The molecule has 0 radical (unpaired) electrons. The largest absolute Gasteiger partial charge is 0.492 e. The van der Waals surface area contributed by atoms with Crippen molar-refractivity contribution in [3.63, 3.8) is 0 Å². The van der Waals surface area contributed by atoms with E-state index in [4.69, 9.17) is 9.47 Å². The molecule has 0 heterocycles. The average Bonchev–Trinajstić information content (AvgIpc) is 2.51. The minimum absolute atomic E-state index is 0. The first-order valence-corrected chi connectivity index (χ1v) is 7.26. The lowest BCUT2D eigenvalue weighted by Gasteiger charge is -2.12. The SMILES string of the molecule is CCNC(=NCCCOC)NCCOc1ccc(F)c(F)c1.I. The van der Waals surface area contributed by atoms with Gasteiger partial charge >= 0.3 is 0 Å². The highest BCUT2D eigenvalue weighted by atomic mass is 127. The summed E-state index contributed by atoms with van der Waals surface area (Å²) in [6.45, 7) is 4.86. The maximum atomic E-state index is 13.0. The maximum Gasteiger partial charge on any atom is 0.191 e. The number of ether oxygens (including phenoxy) is 2. The molecule has 1 rings (SSSR count). The molecule has 0 spiro atoms. The van der Waals surface area contributed by atoms with E-state index in [2.05, 4.69) is 15.6 Å². The Morgan fingerprint density at radius 3 is 2.61 bits per heavy atom. The molecule has 0 aromatic heterocycles. The van der Waals surface area contributed by atoms with E-state index < -0.39 is 11.6 Å². The number of nitrogens with one attached hydrogen (secondary N) is 2. The van der Waals surface area contributed by atoms with Gasteiger partial charge in [0.1, 0.15) is 12.4 Å². The Morgan fingerprint density at radius 2 is 1.96 bits per heavy atom. The van der Waals surface area contributed by atoms with Crippen LogP contribution in [0.3, 0.4) is 0 Å². The lowest BCUT2D eigenvalue weighted by molar-refractivity contribution is 0.197. The van der Waals surface area contributed by atoms with Crippen molar-refractivity contribution in [2.75, 3.05) is 40.0 Å². The van der Waals surface area contributed by atoms with Crippen LogP contribution in [0.1, 0.15) is 13.3 Å². The first kappa shape index (κ1) is 21.8. The fourth-order valence-electron chi connectivity index (χ4n) is 1.65. The summed E-state index contributed by atoms with van der Waals surface area (Å²) in [6, 6.07) is 3.46. The van der Waals surface area contributed by atoms with E-state index in [1.807, 2.05) is 6.92 Å². The highest BCUT2D eigenvalue weighted by Crippen LogP contribution is 2.14. The molecule has 132 valence electrons. The smallest absolute Gasteiger partial charge is 0.191 e. The predicted octanol–water partition coefficient (Wildman–Crippen LogP) is 2.55. The van der Waals surface area contributed by atoms with Crippen LogP contribution in [-0.4, -0.2) is 45.9 Å². The third kappa shape index (κ3) is 9.54. The summed E-state index contributed by atoms with van der Waals surface area (Å²) >= 11 is 0. The Labute approximate surface area is 152 Å². The molecule has 0 aliphatic carbocycles. The second kappa shape index (κ2) is 13.3. The van der Waals surface area contributed by atoms with Crippen LogP contribution in [0.2, 0.25) is 0 Å². The Morgan fingerprint density at radius 1 is 1.17 bits per heavy atom. The molecule has 2 N–H and O–H groups in total. The molecule has 8 heteroatoms. The van der Waals surface area contributed by atoms with Crippen molar-refractivity contribution in [1.29, 1.82) is 0 Å². The monoisotopic (exact) mass is 443 g/mol. The summed E-state index contributed by atoms with van der Waals surface area (Å²) in [7, 11) is 1.66. The summed E-state index contributed by atoms with van der Waals surface area (Å²) in [5.41, 5.74) is 0. The molecule has 1 aromatic rings. The van der Waals surface area contributed by atoms with Gasteiger partial charge in [-0.15, -0.1) is 24.0 Å². The molecule has 0 saturated heterocycles. The molecule has 0 bridgehead atoms. The predicted molar refractivity (Wildman–Crippen MR) is 97.7 cm³/mol. The van der Waals surface area contributed by atoms with Crippen molar-refractivity contribution >= 4 is 29.9 Å². The second-order valence-electron chi connectivity index (χ2n) is 4.46. The van der Waals surface area contributed by atoms with E-state index in [0.29, 0.717) is 38.0 Å². The third-order valence-electron chi connectivity index (χ3n) is 2.68. The second-order valence-corrected chi connectivity index (χ2v) is 4.46. The minimum atomic E-state index is -0.918. The van der Waals surface area contributed by atoms with E-state index in [1.54, 1.807) is 7.11 Å². The van der Waals surface area contributed by atoms with Gasteiger partial charge in [0.05, 0.1) is 6.54 Å². The Bertz CT molecular complexity index is 476. The zero-order valence-electron chi connectivity index (χ0n) is 13.4. The van der Waals surface area contributed by atoms with E-state index in [9.17, 15) is 8.78 Å². The number of rotatable bonds is 9. The van der Waals surface area contributed by atoms with E-state index >= 15 is 0 Å². The summed E-state index contributed by atoms with van der Waals surface area (Å²) in [5, 5.41) is 6.21. The summed E-state index contributed by atoms with van der Waals surface area (Å²) in [4.78, 5) is 4.37. The van der Waals surface area contributed by atoms with Crippen LogP contribution in [0, 0.1) is 11.6 Å². The highest BCUT2D eigenvalue weighted by Gasteiger charge is 2.03. The van der Waals surface area contributed by atoms with Gasteiger partial charge in [-0.1, -0.05) is 0 Å². The van der Waals surface area contributed by atoms with Gasteiger partial charge in [0.2, 0.25) is 0 Å². The van der Waals surface area contributed by atoms with Crippen LogP contribution in [0.4, 0.5) is 8.78 Å². The summed E-state index contributed by atoms with van der Waals surface area (Å²) < 4.78 is 36.1. The average molecular weight is 443 g/mol. The van der Waals surface area contributed by atoms with Crippen LogP contribution in [-0.2, 0) is 4.74 Å². The van der Waals surface area contributed by atoms with Crippen molar-refractivity contribution in [1.82, 2.24) is 10.6 Å². The molecule has 0 fully saturated rings. The van der Waals surface area contributed by atoms with Crippen LogP contribution < -0.4 is 15.4 Å². The quantitative estimate of drug-likeness (QED) is 0.267. The molecule has 0 aliphatic heterocycles. The van der Waals surface area contributed by atoms with Gasteiger partial charge in [0, 0.05) is 32.9 Å². The lowest BCUT2D eigenvalue weighted by atomic mass is 10.3. The van der Waals surface area contributed by atoms with E-state index in [1.165, 1.54) is 6.07 Å². The number of nitrogens with zero attached hydrogens (tertiary/aromatic N) is 1.